The molecule has 0 unspecified atom stereocenters. The molecule has 0 amide bonds. The lowest BCUT2D eigenvalue weighted by molar-refractivity contribution is 0.0445. The van der Waals surface area contributed by atoms with Crippen molar-refractivity contribution in [3.05, 3.63) is 58.4 Å². The summed E-state index contributed by atoms with van der Waals surface area (Å²) >= 11 is 0. The molecular weight excluding hydrogens is 349 g/mol. The van der Waals surface area contributed by atoms with E-state index in [1.807, 2.05) is 19.9 Å². The minimum absolute atomic E-state index is 0.00754. The second kappa shape index (κ2) is 6.37. The van der Waals surface area contributed by atoms with Crippen LogP contribution < -0.4 is 0 Å². The summed E-state index contributed by atoms with van der Waals surface area (Å²) in [7, 11) is 0. The molecule has 140 valence electrons. The van der Waals surface area contributed by atoms with Gasteiger partial charge in [-0.05, 0) is 57.9 Å². The van der Waals surface area contributed by atoms with E-state index in [-0.39, 0.29) is 18.2 Å². The minimum atomic E-state index is -0.728. The smallest absolute Gasteiger partial charge is 0.375 e. The van der Waals surface area contributed by atoms with Gasteiger partial charge in [0.1, 0.15) is 11.4 Å². The van der Waals surface area contributed by atoms with E-state index in [0.717, 1.165) is 24.2 Å². The molecule has 5 nitrogen and oxygen atoms in total. The number of ketones is 1. The highest BCUT2D eigenvalue weighted by Crippen LogP contribution is 2.38. The van der Waals surface area contributed by atoms with Crippen molar-refractivity contribution >= 4 is 22.7 Å². The Bertz CT molecular complexity index is 1070. The predicted molar refractivity (Wildman–Crippen MR) is 97.7 cm³/mol. The van der Waals surface area contributed by atoms with Crippen LogP contribution in [0.25, 0.3) is 11.0 Å². The fraction of sp³-hybridized carbons (Fsp3) is 0.333. The zero-order valence-corrected chi connectivity index (χ0v) is 15.5. The number of aromatic nitrogens is 1. The summed E-state index contributed by atoms with van der Waals surface area (Å²) in [5, 5.41) is 0.515. The van der Waals surface area contributed by atoms with Gasteiger partial charge in [-0.2, -0.15) is 0 Å². The van der Waals surface area contributed by atoms with Gasteiger partial charge in [0.2, 0.25) is 11.5 Å². The molecule has 2 aromatic heterocycles. The molecule has 0 bridgehead atoms. The Morgan fingerprint density at radius 3 is 2.67 bits per heavy atom. The molecule has 1 saturated carbocycles. The fourth-order valence-electron chi connectivity index (χ4n) is 3.62. The summed E-state index contributed by atoms with van der Waals surface area (Å²) < 4.78 is 26.2. The number of esters is 1. The van der Waals surface area contributed by atoms with Crippen LogP contribution in [0, 0.1) is 26.6 Å². The highest BCUT2D eigenvalue weighted by atomic mass is 19.1. The summed E-state index contributed by atoms with van der Waals surface area (Å²) in [5.41, 5.74) is 3.43. The van der Waals surface area contributed by atoms with Gasteiger partial charge in [-0.15, -0.1) is 0 Å². The van der Waals surface area contributed by atoms with Gasteiger partial charge in [0.15, 0.2) is 6.61 Å². The van der Waals surface area contributed by atoms with E-state index in [1.165, 1.54) is 18.2 Å². The Balaban J connectivity index is 1.50. The summed E-state index contributed by atoms with van der Waals surface area (Å²) in [5.74, 6) is -1.39. The quantitative estimate of drug-likeness (QED) is 0.484. The number of hydrogen-bond donors (Lipinski definition) is 0. The Kier molecular flexibility index (Phi) is 4.13. The van der Waals surface area contributed by atoms with Crippen LogP contribution in [0.2, 0.25) is 0 Å². The lowest BCUT2D eigenvalue weighted by atomic mass is 10.1. The minimum Gasteiger partial charge on any atom is -0.451 e. The van der Waals surface area contributed by atoms with Crippen molar-refractivity contribution in [1.29, 1.82) is 0 Å². The Morgan fingerprint density at radius 1 is 1.22 bits per heavy atom. The number of nitrogens with zero attached hydrogens (tertiary/aromatic N) is 1. The van der Waals surface area contributed by atoms with E-state index in [1.54, 1.807) is 6.92 Å². The van der Waals surface area contributed by atoms with Crippen molar-refractivity contribution in [2.24, 2.45) is 0 Å². The molecule has 0 radical (unpaired) electrons. The van der Waals surface area contributed by atoms with E-state index in [0.29, 0.717) is 28.1 Å². The number of furan rings is 1. The third kappa shape index (κ3) is 3.05. The molecular formula is C21H20FNO4. The van der Waals surface area contributed by atoms with Crippen LogP contribution in [0.1, 0.15) is 56.7 Å². The van der Waals surface area contributed by atoms with Gasteiger partial charge in [0, 0.05) is 33.9 Å². The van der Waals surface area contributed by atoms with Crippen LogP contribution in [-0.2, 0) is 4.74 Å². The van der Waals surface area contributed by atoms with Gasteiger partial charge in [-0.25, -0.2) is 9.18 Å². The molecule has 0 aliphatic heterocycles. The van der Waals surface area contributed by atoms with E-state index in [2.05, 4.69) is 4.57 Å². The molecule has 1 aliphatic carbocycles. The standard InChI is InChI=1S/C21H20FNO4/c1-11-8-17(13(3)23(11)15-5-6-15)18(24)10-26-21(25)20-12(2)16-9-14(22)4-7-19(16)27-20/h4,7-9,15H,5-6,10H2,1-3H3. The van der Waals surface area contributed by atoms with E-state index in [4.69, 9.17) is 9.15 Å². The largest absolute Gasteiger partial charge is 0.451 e. The number of aryl methyl sites for hydroxylation is 2. The Labute approximate surface area is 155 Å². The number of benzene rings is 1. The predicted octanol–water partition coefficient (Wildman–Crippen LogP) is 4.67. The average molecular weight is 369 g/mol. The van der Waals surface area contributed by atoms with Gasteiger partial charge in [-0.3, -0.25) is 4.79 Å². The maximum absolute atomic E-state index is 13.4. The number of carbonyl (C=O) groups is 2. The summed E-state index contributed by atoms with van der Waals surface area (Å²) in [4.78, 5) is 24.9. The molecule has 4 rings (SSSR count). The van der Waals surface area contributed by atoms with Crippen LogP contribution in [0.3, 0.4) is 0 Å². The first kappa shape index (κ1) is 17.5. The average Bonchev–Trinajstić information content (AvgIpc) is 3.35. The third-order valence-electron chi connectivity index (χ3n) is 5.11. The molecule has 1 aliphatic rings. The number of hydrogen-bond acceptors (Lipinski definition) is 4. The third-order valence-corrected chi connectivity index (χ3v) is 5.11. The second-order valence-electron chi connectivity index (χ2n) is 7.08. The highest BCUT2D eigenvalue weighted by Gasteiger charge is 2.29. The second-order valence-corrected chi connectivity index (χ2v) is 7.08. The van der Waals surface area contributed by atoms with E-state index >= 15 is 0 Å². The van der Waals surface area contributed by atoms with Gasteiger partial charge in [-0.1, -0.05) is 0 Å². The maximum Gasteiger partial charge on any atom is 0.375 e. The number of rotatable bonds is 5. The van der Waals surface area contributed by atoms with Crippen LogP contribution in [0.5, 0.6) is 0 Å². The Morgan fingerprint density at radius 2 is 1.96 bits per heavy atom. The lowest BCUT2D eigenvalue weighted by Crippen LogP contribution is -2.15. The van der Waals surface area contributed by atoms with Gasteiger partial charge >= 0.3 is 5.97 Å². The Hall–Kier alpha value is -2.89. The van der Waals surface area contributed by atoms with Crippen LogP contribution in [-0.4, -0.2) is 22.9 Å². The first-order valence-electron chi connectivity index (χ1n) is 8.94. The number of carbonyl (C=O) groups excluding carboxylic acids is 2. The zero-order chi connectivity index (χ0) is 19.3. The van der Waals surface area contributed by atoms with Crippen molar-refractivity contribution < 1.29 is 23.1 Å². The monoisotopic (exact) mass is 369 g/mol. The van der Waals surface area contributed by atoms with Gasteiger partial charge < -0.3 is 13.7 Å². The highest BCUT2D eigenvalue weighted by molar-refractivity contribution is 6.01. The number of ether oxygens (including phenoxy) is 1. The first-order valence-corrected chi connectivity index (χ1v) is 8.94. The summed E-state index contributed by atoms with van der Waals surface area (Å²) in [6, 6.07) is 6.36. The zero-order valence-electron chi connectivity index (χ0n) is 15.5. The first-order chi connectivity index (χ1) is 12.9. The van der Waals surface area contributed by atoms with Crippen LogP contribution >= 0.6 is 0 Å². The van der Waals surface area contributed by atoms with Crippen molar-refractivity contribution in [1.82, 2.24) is 4.57 Å². The molecule has 3 aromatic rings. The van der Waals surface area contributed by atoms with Gasteiger partial charge in [0.25, 0.3) is 0 Å². The van der Waals surface area contributed by atoms with Crippen molar-refractivity contribution in [2.45, 2.75) is 39.7 Å². The van der Waals surface area contributed by atoms with Crippen molar-refractivity contribution in [3.63, 3.8) is 0 Å². The number of Topliss-reactive ketones (excluding diaryl/α,β-unsaturated/α-hetero) is 1. The molecule has 0 saturated heterocycles. The van der Waals surface area contributed by atoms with E-state index < -0.39 is 11.8 Å². The molecule has 6 heteroatoms. The molecule has 2 heterocycles. The molecule has 27 heavy (non-hydrogen) atoms. The van der Waals surface area contributed by atoms with Crippen LogP contribution in [0.4, 0.5) is 4.39 Å². The summed E-state index contributed by atoms with van der Waals surface area (Å²) in [6.45, 7) is 5.19. The normalized spacial score (nSPS) is 13.9. The van der Waals surface area contributed by atoms with Crippen molar-refractivity contribution in [3.8, 4) is 0 Å². The van der Waals surface area contributed by atoms with E-state index in [9.17, 15) is 14.0 Å². The van der Waals surface area contributed by atoms with Crippen molar-refractivity contribution in [2.75, 3.05) is 6.61 Å². The maximum atomic E-state index is 13.4. The number of fused-ring (bicyclic) bond motifs is 1. The molecule has 0 atom stereocenters. The molecule has 1 fully saturated rings. The molecule has 0 N–H and O–H groups in total. The topological polar surface area (TPSA) is 61.4 Å². The number of halogens is 1. The lowest BCUT2D eigenvalue weighted by Gasteiger charge is -2.07. The SMILES string of the molecule is Cc1c(C(=O)OCC(=O)c2cc(C)n(C3CC3)c2C)oc2ccc(F)cc12. The van der Waals surface area contributed by atoms with Gasteiger partial charge in [0.05, 0.1) is 0 Å². The molecule has 0 spiro atoms. The summed E-state index contributed by atoms with van der Waals surface area (Å²) in [6.07, 6.45) is 2.26. The van der Waals surface area contributed by atoms with Crippen LogP contribution in [0.15, 0.2) is 28.7 Å². The fourth-order valence-corrected chi connectivity index (χ4v) is 3.62. The molecule has 1 aromatic carbocycles.